The SMILES string of the molecule is CCc1ccccc1NC(=O)N(CC(=O)Nc1cc(C(C)(C)C)nn1-c1cccc(C)c1)Cc1ccccc1. The van der Waals surface area contributed by atoms with Crippen LogP contribution in [0.4, 0.5) is 16.3 Å². The van der Waals surface area contributed by atoms with E-state index in [1.54, 1.807) is 4.68 Å². The molecule has 0 fully saturated rings. The van der Waals surface area contributed by atoms with Crippen LogP contribution >= 0.6 is 0 Å². The molecule has 0 aliphatic carbocycles. The first kappa shape index (κ1) is 27.6. The smallest absolute Gasteiger partial charge is 0.311 e. The summed E-state index contributed by atoms with van der Waals surface area (Å²) >= 11 is 0. The summed E-state index contributed by atoms with van der Waals surface area (Å²) in [5.41, 5.74) is 5.31. The largest absolute Gasteiger partial charge is 0.322 e. The minimum atomic E-state index is -0.336. The number of carbonyl (C=O) groups excluding carboxylic acids is 2. The maximum Gasteiger partial charge on any atom is 0.322 e. The van der Waals surface area contributed by atoms with Crippen LogP contribution in [0.3, 0.4) is 0 Å². The number of nitrogens with zero attached hydrogens (tertiary/aromatic N) is 3. The van der Waals surface area contributed by atoms with E-state index in [9.17, 15) is 9.59 Å². The van der Waals surface area contributed by atoms with Gasteiger partial charge in [-0.3, -0.25) is 4.79 Å². The lowest BCUT2D eigenvalue weighted by Gasteiger charge is -2.23. The standard InChI is InChI=1S/C32H37N5O2/c1-6-25-16-10-11-18-27(25)33-31(39)36(21-24-14-8-7-9-15-24)22-30(38)34-29-20-28(32(3,4)5)35-37(29)26-17-12-13-23(2)19-26/h7-20H,6,21-22H2,1-5H3,(H,33,39)(H,34,38). The van der Waals surface area contributed by atoms with Gasteiger partial charge in [0, 0.05) is 23.7 Å². The van der Waals surface area contributed by atoms with Gasteiger partial charge in [-0.1, -0.05) is 88.4 Å². The van der Waals surface area contributed by atoms with Crippen molar-refractivity contribution in [2.45, 2.75) is 53.0 Å². The Morgan fingerprint density at radius 2 is 1.62 bits per heavy atom. The highest BCUT2D eigenvalue weighted by atomic mass is 16.2. The van der Waals surface area contributed by atoms with E-state index in [0.29, 0.717) is 12.4 Å². The number of hydrogen-bond donors (Lipinski definition) is 2. The van der Waals surface area contributed by atoms with Crippen molar-refractivity contribution in [3.63, 3.8) is 0 Å². The van der Waals surface area contributed by atoms with Crippen LogP contribution in [0.15, 0.2) is 84.9 Å². The van der Waals surface area contributed by atoms with E-state index in [4.69, 9.17) is 5.10 Å². The summed E-state index contributed by atoms with van der Waals surface area (Å²) in [5.74, 6) is 0.256. The normalized spacial score (nSPS) is 11.2. The Kier molecular flexibility index (Phi) is 8.49. The molecule has 0 saturated heterocycles. The molecule has 4 rings (SSSR count). The predicted octanol–water partition coefficient (Wildman–Crippen LogP) is 6.71. The topological polar surface area (TPSA) is 79.3 Å². The molecule has 3 amide bonds. The fraction of sp³-hybridized carbons (Fsp3) is 0.281. The minimum Gasteiger partial charge on any atom is -0.311 e. The molecule has 39 heavy (non-hydrogen) atoms. The molecule has 0 saturated carbocycles. The van der Waals surface area contributed by atoms with E-state index < -0.39 is 0 Å². The molecule has 7 heteroatoms. The van der Waals surface area contributed by atoms with Gasteiger partial charge in [-0.2, -0.15) is 5.10 Å². The summed E-state index contributed by atoms with van der Waals surface area (Å²) < 4.78 is 1.75. The van der Waals surface area contributed by atoms with Crippen LogP contribution in [0, 0.1) is 6.92 Å². The number of nitrogens with one attached hydrogen (secondary N) is 2. The molecule has 0 radical (unpaired) electrons. The zero-order valence-electron chi connectivity index (χ0n) is 23.4. The monoisotopic (exact) mass is 523 g/mol. The first-order valence-electron chi connectivity index (χ1n) is 13.3. The van der Waals surface area contributed by atoms with Gasteiger partial charge in [-0.05, 0) is 48.2 Å². The van der Waals surface area contributed by atoms with Gasteiger partial charge in [-0.25, -0.2) is 9.48 Å². The Bertz CT molecular complexity index is 1440. The first-order chi connectivity index (χ1) is 18.6. The van der Waals surface area contributed by atoms with Crippen LogP contribution in [0.5, 0.6) is 0 Å². The van der Waals surface area contributed by atoms with Crippen molar-refractivity contribution in [3.05, 3.63) is 107 Å². The highest BCUT2D eigenvalue weighted by molar-refractivity contribution is 5.97. The molecule has 3 aromatic carbocycles. The van der Waals surface area contributed by atoms with Crippen molar-refractivity contribution >= 4 is 23.4 Å². The summed E-state index contributed by atoms with van der Waals surface area (Å²) in [6.45, 7) is 10.5. The van der Waals surface area contributed by atoms with Gasteiger partial charge in [0.2, 0.25) is 5.91 Å². The molecule has 1 heterocycles. The highest BCUT2D eigenvalue weighted by Crippen LogP contribution is 2.27. The van der Waals surface area contributed by atoms with Gasteiger partial charge in [0.15, 0.2) is 0 Å². The second-order valence-corrected chi connectivity index (χ2v) is 10.7. The van der Waals surface area contributed by atoms with Gasteiger partial charge >= 0.3 is 6.03 Å². The summed E-state index contributed by atoms with van der Waals surface area (Å²) in [6.07, 6.45) is 0.786. The quantitative estimate of drug-likeness (QED) is 0.269. The van der Waals surface area contributed by atoms with Crippen LogP contribution in [0.1, 0.15) is 50.1 Å². The third-order valence-electron chi connectivity index (χ3n) is 6.47. The second-order valence-electron chi connectivity index (χ2n) is 10.7. The van der Waals surface area contributed by atoms with Crippen LogP contribution < -0.4 is 10.6 Å². The molecule has 0 bridgehead atoms. The van der Waals surface area contributed by atoms with Crippen LogP contribution in [0.2, 0.25) is 0 Å². The zero-order valence-corrected chi connectivity index (χ0v) is 23.4. The van der Waals surface area contributed by atoms with Crippen LogP contribution in [-0.4, -0.2) is 33.2 Å². The van der Waals surface area contributed by atoms with Crippen LogP contribution in [-0.2, 0) is 23.2 Å². The Morgan fingerprint density at radius 1 is 0.897 bits per heavy atom. The molecule has 0 unspecified atom stereocenters. The van der Waals surface area contributed by atoms with E-state index in [0.717, 1.165) is 40.2 Å². The van der Waals surface area contributed by atoms with Crippen LogP contribution in [0.25, 0.3) is 5.69 Å². The molecule has 1 aromatic heterocycles. The third-order valence-corrected chi connectivity index (χ3v) is 6.47. The van der Waals surface area contributed by atoms with Gasteiger partial charge in [0.05, 0.1) is 11.4 Å². The number of aromatic nitrogens is 2. The molecular weight excluding hydrogens is 486 g/mol. The predicted molar refractivity (Wildman–Crippen MR) is 157 cm³/mol. The van der Waals surface area contributed by atoms with Crippen molar-refractivity contribution in [2.75, 3.05) is 17.2 Å². The Labute approximate surface area is 230 Å². The lowest BCUT2D eigenvalue weighted by atomic mass is 9.92. The van der Waals surface area contributed by atoms with E-state index in [1.807, 2.05) is 98.8 Å². The van der Waals surface area contributed by atoms with Crippen molar-refractivity contribution in [1.82, 2.24) is 14.7 Å². The lowest BCUT2D eigenvalue weighted by Crippen LogP contribution is -2.40. The highest BCUT2D eigenvalue weighted by Gasteiger charge is 2.23. The van der Waals surface area contributed by atoms with Gasteiger partial charge in [-0.15, -0.1) is 0 Å². The van der Waals surface area contributed by atoms with E-state index in [2.05, 4.69) is 31.4 Å². The molecule has 0 atom stereocenters. The number of carbonyl (C=O) groups is 2. The number of urea groups is 1. The summed E-state index contributed by atoms with van der Waals surface area (Å²) in [6, 6.07) is 26.9. The Morgan fingerprint density at radius 3 is 2.31 bits per heavy atom. The summed E-state index contributed by atoms with van der Waals surface area (Å²) in [4.78, 5) is 28.4. The maximum absolute atomic E-state index is 13.5. The average molecular weight is 524 g/mol. The number of anilines is 2. The van der Waals surface area contributed by atoms with Gasteiger partial charge in [0.25, 0.3) is 0 Å². The average Bonchev–Trinajstić information content (AvgIpc) is 3.33. The number of para-hydroxylation sites is 1. The summed E-state index contributed by atoms with van der Waals surface area (Å²) in [5, 5.41) is 10.8. The molecule has 202 valence electrons. The Hall–Kier alpha value is -4.39. The van der Waals surface area contributed by atoms with E-state index in [-0.39, 0.29) is 23.9 Å². The van der Waals surface area contributed by atoms with Crippen molar-refractivity contribution < 1.29 is 9.59 Å². The maximum atomic E-state index is 13.5. The van der Waals surface area contributed by atoms with Crippen molar-refractivity contribution in [3.8, 4) is 5.69 Å². The molecular formula is C32H37N5O2. The zero-order chi connectivity index (χ0) is 28.0. The number of hydrogen-bond acceptors (Lipinski definition) is 3. The van der Waals surface area contributed by atoms with E-state index >= 15 is 0 Å². The lowest BCUT2D eigenvalue weighted by molar-refractivity contribution is -0.116. The Balaban J connectivity index is 1.59. The van der Waals surface area contributed by atoms with Gasteiger partial charge in [0.1, 0.15) is 12.4 Å². The number of benzene rings is 3. The second kappa shape index (κ2) is 12.0. The third kappa shape index (κ3) is 7.13. The molecule has 2 N–H and O–H groups in total. The molecule has 0 aliphatic rings. The summed E-state index contributed by atoms with van der Waals surface area (Å²) in [7, 11) is 0. The minimum absolute atomic E-state index is 0.126. The van der Waals surface area contributed by atoms with Gasteiger partial charge < -0.3 is 15.5 Å². The van der Waals surface area contributed by atoms with E-state index in [1.165, 1.54) is 4.90 Å². The van der Waals surface area contributed by atoms with Crippen molar-refractivity contribution in [2.24, 2.45) is 0 Å². The molecule has 0 aliphatic heterocycles. The number of rotatable bonds is 8. The van der Waals surface area contributed by atoms with Crippen molar-refractivity contribution in [1.29, 1.82) is 0 Å². The molecule has 0 spiro atoms. The fourth-order valence-corrected chi connectivity index (χ4v) is 4.30. The molecule has 4 aromatic rings. The number of aryl methyl sites for hydroxylation is 2. The number of amides is 3. The first-order valence-corrected chi connectivity index (χ1v) is 13.3. The molecule has 7 nitrogen and oxygen atoms in total. The fourth-order valence-electron chi connectivity index (χ4n) is 4.30.